The zero-order valence-corrected chi connectivity index (χ0v) is 28.6. The van der Waals surface area contributed by atoms with E-state index in [1.807, 2.05) is 20.8 Å². The molecule has 4 aromatic carbocycles. The molecule has 0 saturated carbocycles. The van der Waals surface area contributed by atoms with Gasteiger partial charge < -0.3 is 0 Å². The van der Waals surface area contributed by atoms with Crippen LogP contribution in [0.15, 0.2) is 103 Å². The average Bonchev–Trinajstić information content (AvgIpc) is 2.94. The maximum absolute atomic E-state index is 13.7. The van der Waals surface area contributed by atoms with E-state index >= 15 is 0 Å². The van der Waals surface area contributed by atoms with Crippen molar-refractivity contribution in [2.75, 3.05) is 6.16 Å². The van der Waals surface area contributed by atoms with Gasteiger partial charge in [-0.2, -0.15) is 0 Å². The van der Waals surface area contributed by atoms with Crippen molar-refractivity contribution in [1.82, 2.24) is 4.72 Å². The van der Waals surface area contributed by atoms with Crippen LogP contribution in [0.1, 0.15) is 85.0 Å². The van der Waals surface area contributed by atoms with Gasteiger partial charge in [-0.15, -0.1) is 0 Å². The van der Waals surface area contributed by atoms with E-state index in [4.69, 9.17) is 0 Å². The third-order valence-corrected chi connectivity index (χ3v) is 11.8. The summed E-state index contributed by atoms with van der Waals surface area (Å²) >= 11 is 0. The van der Waals surface area contributed by atoms with Gasteiger partial charge in [-0.1, -0.05) is 145 Å². The lowest BCUT2D eigenvalue weighted by molar-refractivity contribution is 0.569. The van der Waals surface area contributed by atoms with Crippen LogP contribution in [0.2, 0.25) is 0 Å². The predicted octanol–water partition coefficient (Wildman–Crippen LogP) is 9.17. The van der Waals surface area contributed by atoms with Gasteiger partial charge in [0.1, 0.15) is 0 Å². The van der Waals surface area contributed by atoms with E-state index in [9.17, 15) is 4.21 Å². The summed E-state index contributed by atoms with van der Waals surface area (Å²) in [5.74, 6) is 0. The van der Waals surface area contributed by atoms with Gasteiger partial charge >= 0.3 is 0 Å². The summed E-state index contributed by atoms with van der Waals surface area (Å²) in [6.45, 7) is 19.8. The molecule has 222 valence electrons. The first-order valence-corrected chi connectivity index (χ1v) is 17.6. The summed E-state index contributed by atoms with van der Waals surface area (Å²) in [4.78, 5) is 0. The molecule has 0 aliphatic heterocycles. The van der Waals surface area contributed by atoms with Crippen LogP contribution in [0, 0.1) is 0 Å². The number of benzene rings is 4. The van der Waals surface area contributed by atoms with Crippen molar-refractivity contribution < 1.29 is 4.21 Å². The second-order valence-electron chi connectivity index (χ2n) is 14.2. The van der Waals surface area contributed by atoms with Crippen LogP contribution in [0.3, 0.4) is 0 Å². The molecule has 1 N–H and O–H groups in total. The van der Waals surface area contributed by atoms with E-state index in [1.165, 1.54) is 38.4 Å². The zero-order chi connectivity index (χ0) is 30.7. The molecule has 4 heteroatoms. The van der Waals surface area contributed by atoms with E-state index in [2.05, 4.69) is 149 Å². The highest BCUT2D eigenvalue weighted by atomic mass is 32.2. The Morgan fingerprint density at radius 1 is 0.643 bits per heavy atom. The Hall–Kier alpha value is -2.58. The normalized spacial score (nSPS) is 14.1. The summed E-state index contributed by atoms with van der Waals surface area (Å²) in [7, 11) is -1.95. The summed E-state index contributed by atoms with van der Waals surface area (Å²) < 4.78 is 17.0. The lowest BCUT2D eigenvalue weighted by atomic mass is 9.78. The van der Waals surface area contributed by atoms with Crippen molar-refractivity contribution in [3.8, 4) is 11.1 Å². The van der Waals surface area contributed by atoms with Crippen LogP contribution in [-0.4, -0.2) is 15.1 Å². The van der Waals surface area contributed by atoms with Gasteiger partial charge in [-0.25, -0.2) is 8.93 Å². The fourth-order valence-electron chi connectivity index (χ4n) is 4.98. The van der Waals surface area contributed by atoms with Crippen molar-refractivity contribution in [3.05, 3.63) is 120 Å². The van der Waals surface area contributed by atoms with Gasteiger partial charge in [-0.05, 0) is 84.1 Å². The van der Waals surface area contributed by atoms with Crippen molar-refractivity contribution in [3.63, 3.8) is 0 Å². The molecule has 0 bridgehead atoms. The van der Waals surface area contributed by atoms with Crippen LogP contribution in [0.5, 0.6) is 0 Å². The van der Waals surface area contributed by atoms with Crippen molar-refractivity contribution in [2.24, 2.45) is 0 Å². The second kappa shape index (κ2) is 13.0. The second-order valence-corrected chi connectivity index (χ2v) is 18.5. The average molecular weight is 598 g/mol. The van der Waals surface area contributed by atoms with Crippen LogP contribution < -0.4 is 15.3 Å². The molecule has 0 heterocycles. The van der Waals surface area contributed by atoms with Gasteiger partial charge in [0, 0.05) is 6.04 Å². The maximum Gasteiger partial charge on any atom is 0.0976 e. The van der Waals surface area contributed by atoms with Gasteiger partial charge in [0.25, 0.3) is 0 Å². The molecular weight excluding hydrogens is 549 g/mol. The van der Waals surface area contributed by atoms with Gasteiger partial charge in [0.2, 0.25) is 0 Å². The first-order chi connectivity index (χ1) is 19.6. The van der Waals surface area contributed by atoms with E-state index in [1.54, 1.807) is 0 Å². The fraction of sp³-hybridized carbons (Fsp3) is 0.368. The lowest BCUT2D eigenvalue weighted by Gasteiger charge is -2.31. The summed E-state index contributed by atoms with van der Waals surface area (Å²) in [6, 6.07) is 37.4. The predicted molar refractivity (Wildman–Crippen MR) is 187 cm³/mol. The van der Waals surface area contributed by atoms with E-state index in [0.29, 0.717) is 0 Å². The zero-order valence-electron chi connectivity index (χ0n) is 26.9. The third kappa shape index (κ3) is 8.07. The topological polar surface area (TPSA) is 29.1 Å². The molecule has 0 saturated heterocycles. The summed E-state index contributed by atoms with van der Waals surface area (Å²) in [6.07, 6.45) is 0.841. The molecule has 4 aromatic rings. The Bertz CT molecular complexity index is 1420. The molecule has 0 aliphatic rings. The van der Waals surface area contributed by atoms with Crippen molar-refractivity contribution >= 4 is 29.5 Å². The Labute approximate surface area is 258 Å². The van der Waals surface area contributed by atoms with Gasteiger partial charge in [0.05, 0.1) is 15.7 Å². The largest absolute Gasteiger partial charge is 0.242 e. The Kier molecular flexibility index (Phi) is 9.98. The minimum absolute atomic E-state index is 0.0191. The molecule has 42 heavy (non-hydrogen) atoms. The van der Waals surface area contributed by atoms with Crippen LogP contribution >= 0.6 is 7.92 Å². The smallest absolute Gasteiger partial charge is 0.0976 e. The summed E-state index contributed by atoms with van der Waals surface area (Å²) in [5, 5.41) is 2.66. The number of nitrogens with one attached hydrogen (secondary N) is 1. The lowest BCUT2D eigenvalue weighted by Crippen LogP contribution is -2.37. The van der Waals surface area contributed by atoms with Crippen LogP contribution in [-0.2, 0) is 21.8 Å². The first kappa shape index (κ1) is 32.3. The molecule has 2 atom stereocenters. The van der Waals surface area contributed by atoms with E-state index in [0.717, 1.165) is 6.16 Å². The SMILES string of the molecule is CC(C)(C)c1cc(-c2ccccc2[C@@H](CP(c2ccccc2)c2ccccc2)NS(=O)C(C)(C)C)cc(C(C)(C)C)c1. The van der Waals surface area contributed by atoms with Crippen LogP contribution in [0.4, 0.5) is 0 Å². The van der Waals surface area contributed by atoms with E-state index < -0.39 is 18.9 Å². The molecule has 0 spiro atoms. The molecule has 0 amide bonds. The number of rotatable bonds is 8. The van der Waals surface area contributed by atoms with Crippen molar-refractivity contribution in [2.45, 2.75) is 83.9 Å². The maximum atomic E-state index is 13.7. The third-order valence-electron chi connectivity index (χ3n) is 7.62. The number of hydrogen-bond donors (Lipinski definition) is 1. The highest BCUT2D eigenvalue weighted by Crippen LogP contribution is 2.42. The fourth-order valence-corrected chi connectivity index (χ4v) is 8.36. The molecule has 2 nitrogen and oxygen atoms in total. The molecule has 4 rings (SSSR count). The highest BCUT2D eigenvalue weighted by Gasteiger charge is 2.29. The summed E-state index contributed by atoms with van der Waals surface area (Å²) in [5.41, 5.74) is 6.32. The van der Waals surface area contributed by atoms with Crippen molar-refractivity contribution in [1.29, 1.82) is 0 Å². The molecule has 1 unspecified atom stereocenters. The quantitative estimate of drug-likeness (QED) is 0.202. The Balaban J connectivity index is 1.91. The van der Waals surface area contributed by atoms with E-state index in [-0.39, 0.29) is 21.6 Å². The Morgan fingerprint density at radius 2 is 1.10 bits per heavy atom. The first-order valence-electron chi connectivity index (χ1n) is 15.0. The molecule has 0 fully saturated rings. The molecule has 0 aliphatic carbocycles. The number of hydrogen-bond acceptors (Lipinski definition) is 1. The monoisotopic (exact) mass is 597 g/mol. The van der Waals surface area contributed by atoms with Gasteiger partial charge in [-0.3, -0.25) is 0 Å². The standard InChI is InChI=1S/C38H48NOPS/c1-36(2,3)29-24-28(25-30(26-29)37(4,5)6)33-22-16-17-23-34(33)35(39-42(40)38(7,8)9)27-41(31-18-12-10-13-19-31)32-20-14-11-15-21-32/h10-26,35,39H,27H2,1-9H3/t35-,42?/m1/s1. The minimum atomic E-state index is -1.24. The Morgan fingerprint density at radius 3 is 1.55 bits per heavy atom. The van der Waals surface area contributed by atoms with Gasteiger partial charge in [0.15, 0.2) is 0 Å². The molecule has 0 radical (unpaired) electrons. The minimum Gasteiger partial charge on any atom is -0.242 e. The van der Waals surface area contributed by atoms with Crippen LogP contribution in [0.25, 0.3) is 11.1 Å². The highest BCUT2D eigenvalue weighted by molar-refractivity contribution is 7.84. The molecular formula is C38H48NOPS. The molecule has 0 aromatic heterocycles.